The second-order valence-electron chi connectivity index (χ2n) is 7.50. The van der Waals surface area contributed by atoms with Crippen molar-refractivity contribution in [3.05, 3.63) is 60.4 Å². The fraction of sp³-hybridized carbons (Fsp3) is 0.409. The molecule has 0 amide bonds. The van der Waals surface area contributed by atoms with Gasteiger partial charge in [0.15, 0.2) is 0 Å². The number of nitrogens with zero attached hydrogens (tertiary/aromatic N) is 3. The smallest absolute Gasteiger partial charge is 0.0960 e. The molecule has 148 valence electrons. The Hall–Kier alpha value is -1.69. The van der Waals surface area contributed by atoms with Crippen LogP contribution in [-0.4, -0.2) is 44.5 Å². The van der Waals surface area contributed by atoms with Gasteiger partial charge in [-0.25, -0.2) is 4.98 Å². The molecule has 1 aliphatic heterocycles. The largest absolute Gasteiger partial charge is 0.327 e. The Kier molecular flexibility index (Phi) is 6.14. The first-order valence-electron chi connectivity index (χ1n) is 9.83. The van der Waals surface area contributed by atoms with Gasteiger partial charge in [0.05, 0.1) is 22.7 Å². The van der Waals surface area contributed by atoms with Gasteiger partial charge in [0.25, 0.3) is 0 Å². The average molecular weight is 416 g/mol. The molecule has 6 heteroatoms. The highest BCUT2D eigenvalue weighted by Crippen LogP contribution is 2.29. The molecular weight excluding hydrogens is 390 g/mol. The number of fused-ring (bicyclic) bond motifs is 1. The summed E-state index contributed by atoms with van der Waals surface area (Å²) in [6, 6.07) is 16.8. The molecule has 4 nitrogen and oxygen atoms in total. The summed E-state index contributed by atoms with van der Waals surface area (Å²) in [5, 5.41) is 0.0785. The second kappa shape index (κ2) is 8.76. The van der Waals surface area contributed by atoms with Crippen molar-refractivity contribution in [2.75, 3.05) is 25.9 Å². The summed E-state index contributed by atoms with van der Waals surface area (Å²) < 4.78 is 14.0. The normalized spacial score (nSPS) is 18.4. The number of halogens is 1. The van der Waals surface area contributed by atoms with Crippen LogP contribution in [0.15, 0.2) is 59.8 Å². The quantitative estimate of drug-likeness (QED) is 0.543. The lowest BCUT2D eigenvalue weighted by molar-refractivity contribution is 0.186. The van der Waals surface area contributed by atoms with E-state index in [4.69, 9.17) is 11.6 Å². The van der Waals surface area contributed by atoms with Gasteiger partial charge in [-0.2, -0.15) is 0 Å². The van der Waals surface area contributed by atoms with Crippen molar-refractivity contribution in [1.82, 2.24) is 14.5 Å². The number of hydrogen-bond acceptors (Lipinski definition) is 3. The minimum atomic E-state index is -0.972. The maximum atomic E-state index is 11.7. The highest BCUT2D eigenvalue weighted by molar-refractivity contribution is 7.84. The number of likely N-dealkylation sites (tertiary alicyclic amines) is 1. The van der Waals surface area contributed by atoms with Crippen LogP contribution in [0, 0.1) is 0 Å². The van der Waals surface area contributed by atoms with Gasteiger partial charge in [0, 0.05) is 41.1 Å². The zero-order valence-corrected chi connectivity index (χ0v) is 17.7. The minimum Gasteiger partial charge on any atom is -0.327 e. The zero-order valence-electron chi connectivity index (χ0n) is 16.1. The van der Waals surface area contributed by atoms with Crippen molar-refractivity contribution in [1.29, 1.82) is 0 Å². The third kappa shape index (κ3) is 4.32. The lowest BCUT2D eigenvalue weighted by Crippen LogP contribution is -2.35. The molecule has 28 heavy (non-hydrogen) atoms. The van der Waals surface area contributed by atoms with Gasteiger partial charge in [-0.3, -0.25) is 4.21 Å². The molecular formula is C22H26ClN3OS. The van der Waals surface area contributed by atoms with Crippen LogP contribution in [-0.2, 0) is 10.8 Å². The van der Waals surface area contributed by atoms with Crippen LogP contribution in [0.2, 0.25) is 0 Å². The third-order valence-electron chi connectivity index (χ3n) is 5.69. The molecule has 1 aliphatic rings. The van der Waals surface area contributed by atoms with E-state index < -0.39 is 10.8 Å². The van der Waals surface area contributed by atoms with Crippen molar-refractivity contribution in [3.63, 3.8) is 0 Å². The summed E-state index contributed by atoms with van der Waals surface area (Å²) in [4.78, 5) is 7.90. The predicted octanol–water partition coefficient (Wildman–Crippen LogP) is 4.78. The van der Waals surface area contributed by atoms with E-state index >= 15 is 0 Å². The molecule has 0 N–H and O–H groups in total. The van der Waals surface area contributed by atoms with E-state index in [0.29, 0.717) is 6.04 Å². The minimum absolute atomic E-state index is 0.0785. The third-order valence-corrected chi connectivity index (χ3v) is 7.08. The van der Waals surface area contributed by atoms with E-state index in [0.717, 1.165) is 54.8 Å². The first-order chi connectivity index (χ1) is 13.6. The van der Waals surface area contributed by atoms with Crippen molar-refractivity contribution in [2.24, 2.45) is 0 Å². The SMILES string of the molecule is CS(=O)c1ccc2c(c1)ncn2C1CCN(CCC(Cl)c2ccccc2)CC1. The predicted molar refractivity (Wildman–Crippen MR) is 116 cm³/mol. The molecule has 2 aromatic carbocycles. The summed E-state index contributed by atoms with van der Waals surface area (Å²) in [5.41, 5.74) is 3.27. The lowest BCUT2D eigenvalue weighted by Gasteiger charge is -2.33. The number of piperidine rings is 1. The number of rotatable bonds is 6. The van der Waals surface area contributed by atoms with E-state index in [1.54, 1.807) is 6.26 Å². The summed E-state index contributed by atoms with van der Waals surface area (Å²) in [6.07, 6.45) is 6.85. The summed E-state index contributed by atoms with van der Waals surface area (Å²) in [7, 11) is -0.972. The molecule has 0 spiro atoms. The number of benzene rings is 2. The van der Waals surface area contributed by atoms with Crippen LogP contribution in [0.4, 0.5) is 0 Å². The highest BCUT2D eigenvalue weighted by atomic mass is 35.5. The fourth-order valence-electron chi connectivity index (χ4n) is 4.03. The van der Waals surface area contributed by atoms with E-state index in [1.807, 2.05) is 36.7 Å². The summed E-state index contributed by atoms with van der Waals surface area (Å²) in [6.45, 7) is 3.20. The van der Waals surface area contributed by atoms with Crippen LogP contribution in [0.25, 0.3) is 11.0 Å². The van der Waals surface area contributed by atoms with E-state index in [1.165, 1.54) is 5.56 Å². The fourth-order valence-corrected chi connectivity index (χ4v) is 4.81. The van der Waals surface area contributed by atoms with Gasteiger partial charge >= 0.3 is 0 Å². The summed E-state index contributed by atoms with van der Waals surface area (Å²) >= 11 is 6.57. The Bertz CT molecular complexity index is 951. The van der Waals surface area contributed by atoms with Gasteiger partial charge < -0.3 is 9.47 Å². The molecule has 0 aliphatic carbocycles. The Morgan fingerprint density at radius 3 is 2.64 bits per heavy atom. The van der Waals surface area contributed by atoms with Crippen LogP contribution >= 0.6 is 11.6 Å². The number of imidazole rings is 1. The van der Waals surface area contributed by atoms with Gasteiger partial charge in [-0.15, -0.1) is 11.6 Å². The van der Waals surface area contributed by atoms with Crippen LogP contribution in [0.1, 0.15) is 36.2 Å². The number of hydrogen-bond donors (Lipinski definition) is 0. The first kappa shape index (κ1) is 19.6. The average Bonchev–Trinajstić information content (AvgIpc) is 3.16. The molecule has 2 atom stereocenters. The van der Waals surface area contributed by atoms with E-state index in [2.05, 4.69) is 32.7 Å². The molecule has 4 rings (SSSR count). The molecule has 0 bridgehead atoms. The molecule has 2 unspecified atom stereocenters. The van der Waals surface area contributed by atoms with Crippen molar-refractivity contribution in [3.8, 4) is 0 Å². The Labute approximate surface area is 174 Å². The lowest BCUT2D eigenvalue weighted by atomic mass is 10.0. The molecule has 0 saturated carbocycles. The van der Waals surface area contributed by atoms with Gasteiger partial charge in [-0.1, -0.05) is 30.3 Å². The molecule has 0 radical (unpaired) electrons. The topological polar surface area (TPSA) is 38.1 Å². The molecule has 2 heterocycles. The van der Waals surface area contributed by atoms with E-state index in [9.17, 15) is 4.21 Å². The van der Waals surface area contributed by atoms with Gasteiger partial charge in [-0.05, 0) is 49.6 Å². The standard InChI is InChI=1S/C22H26ClN3OS/c1-28(27)19-7-8-22-21(15-19)24-16-26(22)18-9-12-25(13-10-18)14-11-20(23)17-5-3-2-4-6-17/h2-8,15-16,18,20H,9-14H2,1H3. The zero-order chi connectivity index (χ0) is 19.5. The molecule has 3 aromatic rings. The van der Waals surface area contributed by atoms with Gasteiger partial charge in [0.1, 0.15) is 0 Å². The molecule has 1 fully saturated rings. The molecule has 1 saturated heterocycles. The maximum absolute atomic E-state index is 11.7. The Morgan fingerprint density at radius 2 is 1.93 bits per heavy atom. The number of aromatic nitrogens is 2. The van der Waals surface area contributed by atoms with Gasteiger partial charge in [0.2, 0.25) is 0 Å². The monoisotopic (exact) mass is 415 g/mol. The Balaban J connectivity index is 1.34. The highest BCUT2D eigenvalue weighted by Gasteiger charge is 2.22. The maximum Gasteiger partial charge on any atom is 0.0960 e. The first-order valence-corrected chi connectivity index (χ1v) is 11.8. The van der Waals surface area contributed by atoms with Crippen molar-refractivity contribution < 1.29 is 4.21 Å². The molecule has 1 aromatic heterocycles. The van der Waals surface area contributed by atoms with Crippen LogP contribution < -0.4 is 0 Å². The Morgan fingerprint density at radius 1 is 1.18 bits per heavy atom. The van der Waals surface area contributed by atoms with E-state index in [-0.39, 0.29) is 5.38 Å². The van der Waals surface area contributed by atoms with Crippen molar-refractivity contribution in [2.45, 2.75) is 35.6 Å². The van der Waals surface area contributed by atoms with Crippen molar-refractivity contribution >= 4 is 33.4 Å². The number of alkyl halides is 1. The second-order valence-corrected chi connectivity index (χ2v) is 9.40. The summed E-state index contributed by atoms with van der Waals surface area (Å²) in [5.74, 6) is 0. The van der Waals surface area contributed by atoms with Crippen LogP contribution in [0.5, 0.6) is 0 Å². The van der Waals surface area contributed by atoms with Crippen LogP contribution in [0.3, 0.4) is 0 Å².